The number of carboxylic acid groups (broad SMARTS) is 1. The van der Waals surface area contributed by atoms with E-state index in [9.17, 15) is 9.90 Å². The number of phenols is 1. The molecule has 0 saturated heterocycles. The van der Waals surface area contributed by atoms with Gasteiger partial charge >= 0.3 is 5.97 Å². The van der Waals surface area contributed by atoms with Crippen molar-refractivity contribution in [2.45, 2.75) is 6.04 Å². The zero-order valence-electron chi connectivity index (χ0n) is 8.64. The number of carbonyl (C=O) groups is 1. The van der Waals surface area contributed by atoms with E-state index in [0.717, 1.165) is 0 Å². The Hall–Kier alpha value is -1.66. The van der Waals surface area contributed by atoms with Gasteiger partial charge in [0.25, 0.3) is 0 Å². The molecular formula is C10H10ClNO5. The van der Waals surface area contributed by atoms with Crippen LogP contribution in [0.1, 0.15) is 11.6 Å². The molecule has 6 nitrogen and oxygen atoms in total. The second-order valence-corrected chi connectivity index (χ2v) is 3.85. The lowest BCUT2D eigenvalue weighted by Crippen LogP contribution is -2.22. The molecule has 0 aliphatic carbocycles. The number of hydrogen-bond donors (Lipinski definition) is 3. The molecular weight excluding hydrogens is 250 g/mol. The molecule has 1 atom stereocenters. The largest absolute Gasteiger partial charge is 0.506 e. The van der Waals surface area contributed by atoms with E-state index < -0.39 is 17.8 Å². The molecule has 1 aromatic carbocycles. The van der Waals surface area contributed by atoms with Gasteiger partial charge in [-0.2, -0.15) is 0 Å². The molecule has 2 rings (SSSR count). The van der Waals surface area contributed by atoms with Crippen molar-refractivity contribution >= 4 is 17.6 Å². The lowest BCUT2D eigenvalue weighted by Gasteiger charge is -2.22. The minimum Gasteiger partial charge on any atom is -0.506 e. The normalized spacial score (nSPS) is 15.4. The second kappa shape index (κ2) is 4.31. The zero-order chi connectivity index (χ0) is 12.6. The van der Waals surface area contributed by atoms with Gasteiger partial charge in [-0.05, 0) is 6.07 Å². The molecule has 0 saturated carbocycles. The minimum absolute atomic E-state index is 0.00764. The van der Waals surface area contributed by atoms with E-state index in [4.69, 9.17) is 31.9 Å². The maximum Gasteiger partial charge on any atom is 0.325 e. The Kier molecular flexibility index (Phi) is 2.99. The van der Waals surface area contributed by atoms with Gasteiger partial charge in [0.05, 0.1) is 0 Å². The summed E-state index contributed by atoms with van der Waals surface area (Å²) in [5.41, 5.74) is 5.42. The molecule has 4 N–H and O–H groups in total. The van der Waals surface area contributed by atoms with Gasteiger partial charge in [-0.1, -0.05) is 11.6 Å². The summed E-state index contributed by atoms with van der Waals surface area (Å²) >= 11 is 5.86. The van der Waals surface area contributed by atoms with Gasteiger partial charge in [0.2, 0.25) is 0 Å². The van der Waals surface area contributed by atoms with Crippen molar-refractivity contribution in [3.63, 3.8) is 0 Å². The summed E-state index contributed by atoms with van der Waals surface area (Å²) in [6.07, 6.45) is 0. The number of benzene rings is 1. The summed E-state index contributed by atoms with van der Waals surface area (Å²) in [6.45, 7) is 0.645. The molecule has 1 aliphatic rings. The number of nitrogens with two attached hydrogens (primary N) is 1. The Labute approximate surface area is 102 Å². The quantitative estimate of drug-likeness (QED) is 0.729. The molecule has 1 aromatic rings. The number of carboxylic acids is 1. The van der Waals surface area contributed by atoms with Crippen LogP contribution in [0.5, 0.6) is 17.2 Å². The van der Waals surface area contributed by atoms with Crippen LogP contribution in [0.3, 0.4) is 0 Å². The Morgan fingerprint density at radius 3 is 2.76 bits per heavy atom. The van der Waals surface area contributed by atoms with Crippen LogP contribution in [-0.4, -0.2) is 29.4 Å². The Morgan fingerprint density at radius 2 is 2.12 bits per heavy atom. The fraction of sp³-hybridized carbons (Fsp3) is 0.300. The van der Waals surface area contributed by atoms with Crippen molar-refractivity contribution in [2.75, 3.05) is 13.2 Å². The summed E-state index contributed by atoms with van der Waals surface area (Å²) in [5.74, 6) is -1.18. The van der Waals surface area contributed by atoms with E-state index in [0.29, 0.717) is 13.2 Å². The molecule has 92 valence electrons. The highest BCUT2D eigenvalue weighted by Gasteiger charge is 2.26. The Morgan fingerprint density at radius 1 is 1.47 bits per heavy atom. The third-order valence-corrected chi connectivity index (χ3v) is 2.73. The molecule has 0 bridgehead atoms. The first kappa shape index (κ1) is 11.8. The molecule has 0 spiro atoms. The molecule has 0 radical (unpaired) electrons. The van der Waals surface area contributed by atoms with Gasteiger partial charge < -0.3 is 25.4 Å². The summed E-state index contributed by atoms with van der Waals surface area (Å²) in [7, 11) is 0. The molecule has 0 amide bonds. The molecule has 0 fully saturated rings. The molecule has 0 aromatic heterocycles. The van der Waals surface area contributed by atoms with Crippen molar-refractivity contribution in [3.8, 4) is 17.2 Å². The van der Waals surface area contributed by atoms with E-state index in [2.05, 4.69) is 0 Å². The van der Waals surface area contributed by atoms with Crippen LogP contribution in [0.2, 0.25) is 5.02 Å². The topological polar surface area (TPSA) is 102 Å². The monoisotopic (exact) mass is 259 g/mol. The molecule has 1 unspecified atom stereocenters. The van der Waals surface area contributed by atoms with Crippen LogP contribution in [0.4, 0.5) is 0 Å². The van der Waals surface area contributed by atoms with E-state index in [1.54, 1.807) is 0 Å². The first-order valence-electron chi connectivity index (χ1n) is 4.81. The molecule has 1 heterocycles. The van der Waals surface area contributed by atoms with Crippen molar-refractivity contribution in [1.29, 1.82) is 0 Å². The van der Waals surface area contributed by atoms with Crippen LogP contribution in [0.25, 0.3) is 0 Å². The standard InChI is InChI=1S/C10H10ClNO5/c11-6-8(13)4(7(12)10(14)15)3-5-9(6)17-2-1-16-5/h3,7,13H,1-2,12H2,(H,14,15). The van der Waals surface area contributed by atoms with Gasteiger partial charge in [-0.15, -0.1) is 0 Å². The maximum absolute atomic E-state index is 10.8. The number of ether oxygens (including phenoxy) is 2. The summed E-state index contributed by atoms with van der Waals surface area (Å²) in [6, 6.07) is -0.0440. The lowest BCUT2D eigenvalue weighted by molar-refractivity contribution is -0.138. The highest BCUT2D eigenvalue weighted by Crippen LogP contribution is 2.46. The fourth-order valence-corrected chi connectivity index (χ4v) is 1.78. The van der Waals surface area contributed by atoms with Crippen LogP contribution >= 0.6 is 11.6 Å². The number of phenolic OH excluding ortho intramolecular Hbond substituents is 1. The highest BCUT2D eigenvalue weighted by molar-refractivity contribution is 6.34. The number of fused-ring (bicyclic) bond motifs is 1. The second-order valence-electron chi connectivity index (χ2n) is 3.47. The minimum atomic E-state index is -1.37. The van der Waals surface area contributed by atoms with E-state index in [1.165, 1.54) is 6.07 Å². The smallest absolute Gasteiger partial charge is 0.325 e. The number of aliphatic carboxylic acids is 1. The Bertz CT molecular complexity index is 476. The third-order valence-electron chi connectivity index (χ3n) is 2.38. The van der Waals surface area contributed by atoms with Crippen molar-refractivity contribution < 1.29 is 24.5 Å². The van der Waals surface area contributed by atoms with Gasteiger partial charge in [0.1, 0.15) is 30.0 Å². The maximum atomic E-state index is 10.8. The number of halogens is 1. The van der Waals surface area contributed by atoms with Gasteiger partial charge in [-0.25, -0.2) is 0 Å². The molecule has 7 heteroatoms. The predicted molar refractivity (Wildman–Crippen MR) is 58.7 cm³/mol. The van der Waals surface area contributed by atoms with Crippen molar-refractivity contribution in [2.24, 2.45) is 5.73 Å². The van der Waals surface area contributed by atoms with E-state index in [-0.39, 0.29) is 22.1 Å². The van der Waals surface area contributed by atoms with Crippen molar-refractivity contribution in [1.82, 2.24) is 0 Å². The van der Waals surface area contributed by atoms with Crippen LogP contribution in [-0.2, 0) is 4.79 Å². The average molecular weight is 260 g/mol. The number of hydrogen-bond acceptors (Lipinski definition) is 5. The third kappa shape index (κ3) is 1.96. The Balaban J connectivity index is 2.55. The summed E-state index contributed by atoms with van der Waals surface area (Å²) in [4.78, 5) is 10.8. The number of rotatable bonds is 2. The SMILES string of the molecule is NC(C(=O)O)c1cc2c(c(Cl)c1O)OCCO2. The first-order chi connectivity index (χ1) is 8.02. The van der Waals surface area contributed by atoms with Gasteiger partial charge in [0.15, 0.2) is 11.5 Å². The zero-order valence-corrected chi connectivity index (χ0v) is 9.40. The average Bonchev–Trinajstić information content (AvgIpc) is 2.33. The van der Waals surface area contributed by atoms with Crippen LogP contribution in [0, 0.1) is 0 Å². The van der Waals surface area contributed by atoms with Gasteiger partial charge in [0, 0.05) is 5.56 Å². The summed E-state index contributed by atoms with van der Waals surface area (Å²) in [5, 5.41) is 18.5. The van der Waals surface area contributed by atoms with E-state index in [1.807, 2.05) is 0 Å². The van der Waals surface area contributed by atoms with Crippen molar-refractivity contribution in [3.05, 3.63) is 16.7 Å². The fourth-order valence-electron chi connectivity index (χ4n) is 1.52. The highest BCUT2D eigenvalue weighted by atomic mass is 35.5. The lowest BCUT2D eigenvalue weighted by atomic mass is 10.1. The van der Waals surface area contributed by atoms with Crippen LogP contribution in [0.15, 0.2) is 6.07 Å². The molecule has 1 aliphatic heterocycles. The van der Waals surface area contributed by atoms with Gasteiger partial charge in [-0.3, -0.25) is 4.79 Å². The van der Waals surface area contributed by atoms with E-state index >= 15 is 0 Å². The summed E-state index contributed by atoms with van der Waals surface area (Å²) < 4.78 is 10.5. The predicted octanol–water partition coefficient (Wildman–Crippen LogP) is 0.901. The number of aromatic hydroxyl groups is 1. The van der Waals surface area contributed by atoms with Crippen LogP contribution < -0.4 is 15.2 Å². The molecule has 17 heavy (non-hydrogen) atoms. The first-order valence-corrected chi connectivity index (χ1v) is 5.19.